The lowest BCUT2D eigenvalue weighted by atomic mass is 10.2. The van der Waals surface area contributed by atoms with E-state index in [0.717, 1.165) is 30.3 Å². The molecular formula is C16H17F3N4O. The van der Waals surface area contributed by atoms with Crippen molar-refractivity contribution < 1.29 is 18.0 Å². The molecule has 128 valence electrons. The molecule has 1 aromatic carbocycles. The van der Waals surface area contributed by atoms with Gasteiger partial charge in [0.2, 0.25) is 0 Å². The lowest BCUT2D eigenvalue weighted by Gasteiger charge is -2.11. The fraction of sp³-hybridized carbons (Fsp3) is 0.375. The Labute approximate surface area is 136 Å². The molecule has 24 heavy (non-hydrogen) atoms. The number of nitrogens with one attached hydrogen (secondary N) is 2. The molecule has 3 rings (SSSR count). The number of alkyl halides is 3. The fourth-order valence-corrected chi connectivity index (χ4v) is 2.70. The molecule has 1 unspecified atom stereocenters. The number of nitrogens with zero attached hydrogens (tertiary/aromatic N) is 2. The zero-order valence-corrected chi connectivity index (χ0v) is 12.8. The van der Waals surface area contributed by atoms with Gasteiger partial charge in [-0.3, -0.25) is 4.79 Å². The third-order valence-electron chi connectivity index (χ3n) is 3.92. The van der Waals surface area contributed by atoms with Crippen LogP contribution in [0.3, 0.4) is 0 Å². The third-order valence-corrected chi connectivity index (χ3v) is 3.92. The van der Waals surface area contributed by atoms with E-state index >= 15 is 0 Å². The first kappa shape index (κ1) is 16.5. The summed E-state index contributed by atoms with van der Waals surface area (Å²) in [5, 5.41) is 9.31. The largest absolute Gasteiger partial charge is 0.435 e. The molecule has 1 atom stereocenters. The first-order chi connectivity index (χ1) is 11.4. The second-order valence-electron chi connectivity index (χ2n) is 5.67. The van der Waals surface area contributed by atoms with Gasteiger partial charge in [0.1, 0.15) is 0 Å². The summed E-state index contributed by atoms with van der Waals surface area (Å²) in [6, 6.07) is 8.48. The number of halogens is 3. The molecule has 1 fully saturated rings. The Morgan fingerprint density at radius 3 is 2.71 bits per heavy atom. The van der Waals surface area contributed by atoms with Gasteiger partial charge in [-0.1, -0.05) is 18.2 Å². The normalized spacial score (nSPS) is 17.9. The topological polar surface area (TPSA) is 59.0 Å². The van der Waals surface area contributed by atoms with Crippen molar-refractivity contribution in [3.63, 3.8) is 0 Å². The standard InChI is InChI=1S/C16H17F3N4O/c17-16(18,19)14-13(15(24)21-9-11-5-4-8-20-11)10-23(22-14)12-6-2-1-3-7-12/h1-3,6-7,10-11,20H,4-5,8-9H2,(H,21,24). The van der Waals surface area contributed by atoms with Crippen LogP contribution < -0.4 is 10.6 Å². The Bertz CT molecular complexity index is 706. The molecule has 5 nitrogen and oxygen atoms in total. The average Bonchev–Trinajstić information content (AvgIpc) is 3.22. The summed E-state index contributed by atoms with van der Waals surface area (Å²) < 4.78 is 40.7. The predicted octanol–water partition coefficient (Wildman–Crippen LogP) is 2.37. The van der Waals surface area contributed by atoms with Gasteiger partial charge in [-0.05, 0) is 31.5 Å². The van der Waals surface area contributed by atoms with Crippen molar-refractivity contribution >= 4 is 5.91 Å². The molecule has 0 radical (unpaired) electrons. The lowest BCUT2D eigenvalue weighted by Crippen LogP contribution is -2.37. The Morgan fingerprint density at radius 1 is 1.33 bits per heavy atom. The summed E-state index contributed by atoms with van der Waals surface area (Å²) >= 11 is 0. The van der Waals surface area contributed by atoms with Crippen molar-refractivity contribution in [1.82, 2.24) is 20.4 Å². The Morgan fingerprint density at radius 2 is 2.08 bits per heavy atom. The van der Waals surface area contributed by atoms with Crippen LogP contribution in [-0.2, 0) is 6.18 Å². The van der Waals surface area contributed by atoms with E-state index in [-0.39, 0.29) is 6.04 Å². The Hall–Kier alpha value is -2.35. The molecule has 0 saturated carbocycles. The molecule has 8 heteroatoms. The number of hydrogen-bond donors (Lipinski definition) is 2. The summed E-state index contributed by atoms with van der Waals surface area (Å²) in [7, 11) is 0. The Kier molecular flexibility index (Phi) is 4.57. The van der Waals surface area contributed by atoms with Gasteiger partial charge in [-0.2, -0.15) is 18.3 Å². The number of amides is 1. The van der Waals surface area contributed by atoms with Crippen molar-refractivity contribution in [1.29, 1.82) is 0 Å². The van der Waals surface area contributed by atoms with Crippen molar-refractivity contribution in [2.75, 3.05) is 13.1 Å². The molecule has 1 aromatic heterocycles. The number of para-hydroxylation sites is 1. The van der Waals surface area contributed by atoms with Crippen molar-refractivity contribution in [2.24, 2.45) is 0 Å². The minimum atomic E-state index is -4.70. The van der Waals surface area contributed by atoms with Gasteiger partial charge in [0.15, 0.2) is 5.69 Å². The Balaban J connectivity index is 1.84. The van der Waals surface area contributed by atoms with Crippen LogP contribution in [0.2, 0.25) is 0 Å². The van der Waals surface area contributed by atoms with E-state index in [4.69, 9.17) is 0 Å². The zero-order valence-electron chi connectivity index (χ0n) is 12.8. The van der Waals surface area contributed by atoms with Crippen LogP contribution in [0.5, 0.6) is 0 Å². The highest BCUT2D eigenvalue weighted by Crippen LogP contribution is 2.31. The van der Waals surface area contributed by atoms with Gasteiger partial charge in [-0.25, -0.2) is 4.68 Å². The van der Waals surface area contributed by atoms with Crippen LogP contribution in [0.25, 0.3) is 5.69 Å². The smallest absolute Gasteiger partial charge is 0.350 e. The van der Waals surface area contributed by atoms with Gasteiger partial charge in [0.25, 0.3) is 5.91 Å². The number of benzene rings is 1. The highest BCUT2D eigenvalue weighted by molar-refractivity contribution is 5.95. The monoisotopic (exact) mass is 338 g/mol. The van der Waals surface area contributed by atoms with Gasteiger partial charge in [0, 0.05) is 18.8 Å². The van der Waals surface area contributed by atoms with Crippen molar-refractivity contribution in [3.8, 4) is 5.69 Å². The summed E-state index contributed by atoms with van der Waals surface area (Å²) in [6.07, 6.45) is -1.68. The van der Waals surface area contributed by atoms with Crippen LogP contribution in [0.4, 0.5) is 13.2 Å². The molecule has 1 aliphatic rings. The van der Waals surface area contributed by atoms with Crippen LogP contribution in [0.15, 0.2) is 36.5 Å². The van der Waals surface area contributed by atoms with E-state index in [0.29, 0.717) is 12.2 Å². The van der Waals surface area contributed by atoms with Gasteiger partial charge < -0.3 is 10.6 Å². The second kappa shape index (κ2) is 6.64. The van der Waals surface area contributed by atoms with Crippen LogP contribution in [0.1, 0.15) is 28.9 Å². The third kappa shape index (κ3) is 3.59. The molecule has 0 spiro atoms. The van der Waals surface area contributed by atoms with Crippen LogP contribution >= 0.6 is 0 Å². The highest BCUT2D eigenvalue weighted by atomic mass is 19.4. The van der Waals surface area contributed by atoms with E-state index in [2.05, 4.69) is 15.7 Å². The minimum Gasteiger partial charge on any atom is -0.350 e. The molecule has 2 N–H and O–H groups in total. The molecule has 1 saturated heterocycles. The SMILES string of the molecule is O=C(NCC1CCCN1)c1cn(-c2ccccc2)nc1C(F)(F)F. The summed E-state index contributed by atoms with van der Waals surface area (Å²) in [6.45, 7) is 1.16. The number of hydrogen-bond acceptors (Lipinski definition) is 3. The highest BCUT2D eigenvalue weighted by Gasteiger charge is 2.39. The molecule has 0 bridgehead atoms. The number of rotatable bonds is 4. The number of carbonyl (C=O) groups excluding carboxylic acids is 1. The van der Waals surface area contributed by atoms with Crippen LogP contribution in [-0.4, -0.2) is 34.8 Å². The fourth-order valence-electron chi connectivity index (χ4n) is 2.70. The first-order valence-electron chi connectivity index (χ1n) is 7.69. The molecule has 2 heterocycles. The molecule has 1 amide bonds. The van der Waals surface area contributed by atoms with E-state index in [1.165, 1.54) is 0 Å². The maximum absolute atomic E-state index is 13.2. The van der Waals surface area contributed by atoms with Crippen LogP contribution in [0, 0.1) is 0 Å². The lowest BCUT2D eigenvalue weighted by molar-refractivity contribution is -0.141. The van der Waals surface area contributed by atoms with Crippen molar-refractivity contribution in [2.45, 2.75) is 25.1 Å². The second-order valence-corrected chi connectivity index (χ2v) is 5.67. The predicted molar refractivity (Wildman–Crippen MR) is 81.9 cm³/mol. The van der Waals surface area contributed by atoms with E-state index in [9.17, 15) is 18.0 Å². The molecular weight excluding hydrogens is 321 g/mol. The van der Waals surface area contributed by atoms with Gasteiger partial charge in [0.05, 0.1) is 11.3 Å². The van der Waals surface area contributed by atoms with E-state index < -0.39 is 23.3 Å². The van der Waals surface area contributed by atoms with Gasteiger partial charge >= 0.3 is 6.18 Å². The average molecular weight is 338 g/mol. The zero-order chi connectivity index (χ0) is 17.2. The van der Waals surface area contributed by atoms with E-state index in [1.54, 1.807) is 30.3 Å². The molecule has 2 aromatic rings. The number of aromatic nitrogens is 2. The number of carbonyl (C=O) groups is 1. The maximum Gasteiger partial charge on any atom is 0.435 e. The summed E-state index contributed by atoms with van der Waals surface area (Å²) in [4.78, 5) is 12.2. The maximum atomic E-state index is 13.2. The molecule has 1 aliphatic heterocycles. The quantitative estimate of drug-likeness (QED) is 0.900. The summed E-state index contributed by atoms with van der Waals surface area (Å²) in [5.74, 6) is -0.766. The minimum absolute atomic E-state index is 0.104. The first-order valence-corrected chi connectivity index (χ1v) is 7.69. The molecule has 0 aliphatic carbocycles. The summed E-state index contributed by atoms with van der Waals surface area (Å²) in [5.41, 5.74) is -1.19. The van der Waals surface area contributed by atoms with Crippen molar-refractivity contribution in [3.05, 3.63) is 47.8 Å². The van der Waals surface area contributed by atoms with Gasteiger partial charge in [-0.15, -0.1) is 0 Å². The van der Waals surface area contributed by atoms with E-state index in [1.807, 2.05) is 0 Å².